The first kappa shape index (κ1) is 18.2. The predicted molar refractivity (Wildman–Crippen MR) is 95.6 cm³/mol. The Bertz CT molecular complexity index is 597. The van der Waals surface area contributed by atoms with Crippen LogP contribution in [0, 0.1) is 29.6 Å². The number of rotatable bonds is 5. The number of hydrogen-bond donors (Lipinski definition) is 1. The topological polar surface area (TPSA) is 55.8 Å². The summed E-state index contributed by atoms with van der Waals surface area (Å²) in [5.41, 5.74) is 1.16. The van der Waals surface area contributed by atoms with Gasteiger partial charge in [-0.25, -0.2) is 0 Å². The highest BCUT2D eigenvalue weighted by molar-refractivity contribution is 5.72. The number of esters is 1. The van der Waals surface area contributed by atoms with Gasteiger partial charge in [0.1, 0.15) is 0 Å². The van der Waals surface area contributed by atoms with Crippen LogP contribution in [0.5, 0.6) is 0 Å². The van der Waals surface area contributed by atoms with Gasteiger partial charge in [0.05, 0.1) is 32.3 Å². The fraction of sp³-hybridized carbons (Fsp3) is 0.571. The van der Waals surface area contributed by atoms with Gasteiger partial charge in [0.15, 0.2) is 0 Å². The first-order valence-electron chi connectivity index (χ1n) is 9.16. The van der Waals surface area contributed by atoms with Crippen molar-refractivity contribution >= 4 is 5.97 Å². The second-order valence-corrected chi connectivity index (χ2v) is 7.41. The number of allylic oxidation sites excluding steroid dienone is 2. The minimum absolute atomic E-state index is 0.150. The maximum absolute atomic E-state index is 11.9. The molecule has 0 amide bonds. The molecule has 25 heavy (non-hydrogen) atoms. The molecule has 136 valence electrons. The molecule has 4 heteroatoms. The fourth-order valence-corrected chi connectivity index (χ4v) is 4.45. The van der Waals surface area contributed by atoms with E-state index >= 15 is 0 Å². The van der Waals surface area contributed by atoms with E-state index in [2.05, 4.69) is 31.2 Å². The van der Waals surface area contributed by atoms with Crippen molar-refractivity contribution in [1.82, 2.24) is 0 Å². The number of carbonyl (C=O) groups excluding carboxylic acids is 1. The van der Waals surface area contributed by atoms with Crippen molar-refractivity contribution in [3.8, 4) is 0 Å². The number of fused-ring (bicyclic) bond motifs is 1. The zero-order valence-electron chi connectivity index (χ0n) is 15.0. The molecule has 2 aliphatic carbocycles. The summed E-state index contributed by atoms with van der Waals surface area (Å²) in [5.74, 6) is 0.589. The third kappa shape index (κ3) is 4.13. The van der Waals surface area contributed by atoms with E-state index in [1.54, 1.807) is 0 Å². The molecule has 0 aliphatic heterocycles. The molecule has 4 nitrogen and oxygen atoms in total. The van der Waals surface area contributed by atoms with Gasteiger partial charge in [0.25, 0.3) is 0 Å². The molecule has 0 heterocycles. The molecule has 0 bridgehead atoms. The Hall–Kier alpha value is -1.65. The van der Waals surface area contributed by atoms with Gasteiger partial charge in [-0.1, -0.05) is 49.4 Å². The molecule has 1 fully saturated rings. The van der Waals surface area contributed by atoms with Gasteiger partial charge >= 0.3 is 5.97 Å². The lowest BCUT2D eigenvalue weighted by molar-refractivity contribution is -0.151. The second-order valence-electron chi connectivity index (χ2n) is 7.41. The largest absolute Gasteiger partial charge is 0.469 e. The van der Waals surface area contributed by atoms with Crippen molar-refractivity contribution in [2.45, 2.75) is 32.5 Å². The van der Waals surface area contributed by atoms with Gasteiger partial charge in [-0.2, -0.15) is 0 Å². The van der Waals surface area contributed by atoms with Crippen LogP contribution in [0.2, 0.25) is 0 Å². The van der Waals surface area contributed by atoms with E-state index in [1.807, 2.05) is 18.2 Å². The Morgan fingerprint density at radius 2 is 1.96 bits per heavy atom. The number of hydrogen-bond acceptors (Lipinski definition) is 4. The summed E-state index contributed by atoms with van der Waals surface area (Å²) in [6.07, 6.45) is 5.16. The third-order valence-electron chi connectivity index (χ3n) is 5.81. The molecule has 1 aromatic carbocycles. The number of carbonyl (C=O) groups is 1. The Labute approximate surface area is 149 Å². The first-order chi connectivity index (χ1) is 12.1. The molecule has 0 aromatic heterocycles. The van der Waals surface area contributed by atoms with Gasteiger partial charge < -0.3 is 14.6 Å². The molecule has 0 radical (unpaired) electrons. The smallest absolute Gasteiger partial charge is 0.308 e. The number of aliphatic hydroxyl groups is 1. The summed E-state index contributed by atoms with van der Waals surface area (Å²) >= 11 is 0. The zero-order chi connectivity index (χ0) is 17.8. The van der Waals surface area contributed by atoms with Crippen LogP contribution >= 0.6 is 0 Å². The molecule has 1 aromatic rings. The molecule has 0 saturated heterocycles. The lowest BCUT2D eigenvalue weighted by Gasteiger charge is -2.45. The molecule has 1 saturated carbocycles. The van der Waals surface area contributed by atoms with E-state index in [4.69, 9.17) is 9.47 Å². The van der Waals surface area contributed by atoms with Gasteiger partial charge in [-0.05, 0) is 42.1 Å². The number of aliphatic hydroxyl groups excluding tert-OH is 1. The highest BCUT2D eigenvalue weighted by Crippen LogP contribution is 2.45. The SMILES string of the molecule is COC(=O)[C@@H]1C[C@H](O)[C@@H]2[C@@H](COCc3ccccc3)[C@@H](C)C=C[C@H]2C1. The summed E-state index contributed by atoms with van der Waals surface area (Å²) in [7, 11) is 1.42. The molecule has 0 spiro atoms. The van der Waals surface area contributed by atoms with E-state index in [-0.39, 0.29) is 29.6 Å². The molecular weight excluding hydrogens is 316 g/mol. The zero-order valence-corrected chi connectivity index (χ0v) is 15.0. The van der Waals surface area contributed by atoms with Crippen LogP contribution in [0.1, 0.15) is 25.3 Å². The average molecular weight is 344 g/mol. The Morgan fingerprint density at radius 1 is 1.20 bits per heavy atom. The summed E-state index contributed by atoms with van der Waals surface area (Å²) in [5, 5.41) is 10.7. The normalized spacial score (nSPS) is 34.4. The van der Waals surface area contributed by atoms with Crippen molar-refractivity contribution in [3.05, 3.63) is 48.0 Å². The predicted octanol–water partition coefficient (Wildman–Crippen LogP) is 3.20. The van der Waals surface area contributed by atoms with Crippen LogP contribution in [0.25, 0.3) is 0 Å². The summed E-state index contributed by atoms with van der Waals surface area (Å²) in [6, 6.07) is 10.1. The van der Waals surface area contributed by atoms with Crippen LogP contribution in [-0.2, 0) is 20.9 Å². The highest BCUT2D eigenvalue weighted by atomic mass is 16.5. The standard InChI is InChI=1S/C21H28O4/c1-14-8-9-16-10-17(21(23)24-2)11-19(22)20(16)18(14)13-25-12-15-6-4-3-5-7-15/h3-9,14,16-20,22H,10-13H2,1-2H3/t14-,16-,17-,18-,19-,20-/m0/s1. The van der Waals surface area contributed by atoms with E-state index in [0.717, 1.165) is 12.0 Å². The molecular formula is C21H28O4. The Balaban J connectivity index is 1.64. The van der Waals surface area contributed by atoms with Crippen LogP contribution in [0.15, 0.2) is 42.5 Å². The van der Waals surface area contributed by atoms with E-state index in [9.17, 15) is 9.90 Å². The average Bonchev–Trinajstić information content (AvgIpc) is 2.63. The third-order valence-corrected chi connectivity index (χ3v) is 5.81. The van der Waals surface area contributed by atoms with Crippen LogP contribution in [0.4, 0.5) is 0 Å². The van der Waals surface area contributed by atoms with Crippen molar-refractivity contribution in [2.75, 3.05) is 13.7 Å². The van der Waals surface area contributed by atoms with Gasteiger partial charge in [0.2, 0.25) is 0 Å². The summed E-state index contributed by atoms with van der Waals surface area (Å²) < 4.78 is 10.9. The van der Waals surface area contributed by atoms with Gasteiger partial charge in [-0.3, -0.25) is 4.79 Å². The molecule has 1 N–H and O–H groups in total. The van der Waals surface area contributed by atoms with Crippen molar-refractivity contribution in [1.29, 1.82) is 0 Å². The minimum atomic E-state index is -0.486. The molecule has 6 atom stereocenters. The van der Waals surface area contributed by atoms with Crippen LogP contribution in [-0.4, -0.2) is 30.9 Å². The monoisotopic (exact) mass is 344 g/mol. The number of ether oxygens (including phenoxy) is 2. The van der Waals surface area contributed by atoms with Crippen LogP contribution in [0.3, 0.4) is 0 Å². The lowest BCUT2D eigenvalue weighted by atomic mass is 9.62. The lowest BCUT2D eigenvalue weighted by Crippen LogP contribution is -2.46. The maximum atomic E-state index is 11.9. The van der Waals surface area contributed by atoms with E-state index in [0.29, 0.717) is 25.6 Å². The van der Waals surface area contributed by atoms with Crippen molar-refractivity contribution in [3.63, 3.8) is 0 Å². The molecule has 3 rings (SSSR count). The quantitative estimate of drug-likeness (QED) is 0.658. The first-order valence-corrected chi connectivity index (χ1v) is 9.16. The number of methoxy groups -OCH3 is 1. The van der Waals surface area contributed by atoms with E-state index < -0.39 is 6.10 Å². The second kappa shape index (κ2) is 8.15. The Kier molecular flexibility index (Phi) is 5.92. The maximum Gasteiger partial charge on any atom is 0.308 e. The fourth-order valence-electron chi connectivity index (χ4n) is 4.45. The summed E-state index contributed by atoms with van der Waals surface area (Å²) in [6.45, 7) is 3.40. The molecule has 2 aliphatic rings. The number of benzene rings is 1. The van der Waals surface area contributed by atoms with Crippen LogP contribution < -0.4 is 0 Å². The Morgan fingerprint density at radius 3 is 2.68 bits per heavy atom. The van der Waals surface area contributed by atoms with Gasteiger partial charge in [-0.15, -0.1) is 0 Å². The van der Waals surface area contributed by atoms with Crippen molar-refractivity contribution in [2.24, 2.45) is 29.6 Å². The molecule has 0 unspecified atom stereocenters. The minimum Gasteiger partial charge on any atom is -0.469 e. The van der Waals surface area contributed by atoms with E-state index in [1.165, 1.54) is 7.11 Å². The van der Waals surface area contributed by atoms with Crippen molar-refractivity contribution < 1.29 is 19.4 Å². The summed E-state index contributed by atoms with van der Waals surface area (Å²) in [4.78, 5) is 11.9. The van der Waals surface area contributed by atoms with Gasteiger partial charge in [0, 0.05) is 0 Å². The highest BCUT2D eigenvalue weighted by Gasteiger charge is 2.45.